The molecule has 2 heterocycles. The van der Waals surface area contributed by atoms with Crippen LogP contribution in [0, 0.1) is 13.8 Å². The Hall–Kier alpha value is -2.74. The van der Waals surface area contributed by atoms with Crippen molar-refractivity contribution in [2.75, 3.05) is 7.11 Å². The fraction of sp³-hybridized carbons (Fsp3) is 0.222. The summed E-state index contributed by atoms with van der Waals surface area (Å²) in [5.41, 5.74) is 1.44. The second-order valence-electron chi connectivity index (χ2n) is 5.54. The molecule has 0 saturated heterocycles. The number of fused-ring (bicyclic) bond motifs is 1. The van der Waals surface area contributed by atoms with Crippen molar-refractivity contribution in [3.05, 3.63) is 50.4 Å². The van der Waals surface area contributed by atoms with Crippen molar-refractivity contribution >= 4 is 33.7 Å². The number of hydrogen-bond acceptors (Lipinski definition) is 5. The predicted molar refractivity (Wildman–Crippen MR) is 98.3 cm³/mol. The molecule has 0 radical (unpaired) electrons. The SMILES string of the molecule is COc1cc(/C=C/c2nc3sc(C)c(C)c3c(=O)[nH]2)ccc1OC(F)F. The molecule has 136 valence electrons. The lowest BCUT2D eigenvalue weighted by Crippen LogP contribution is -2.09. The molecule has 1 N–H and O–H groups in total. The zero-order valence-electron chi connectivity index (χ0n) is 14.3. The maximum absolute atomic E-state index is 12.4. The van der Waals surface area contributed by atoms with Crippen LogP contribution in [0.4, 0.5) is 8.78 Å². The van der Waals surface area contributed by atoms with Gasteiger partial charge in [-0.2, -0.15) is 8.78 Å². The number of H-pyrrole nitrogens is 1. The molecule has 3 rings (SSSR count). The third-order valence-electron chi connectivity index (χ3n) is 3.89. The number of aryl methyl sites for hydroxylation is 2. The minimum Gasteiger partial charge on any atom is -0.493 e. The maximum atomic E-state index is 12.4. The molecule has 0 aliphatic heterocycles. The van der Waals surface area contributed by atoms with Gasteiger partial charge in [-0.1, -0.05) is 12.1 Å². The molecule has 0 unspecified atom stereocenters. The number of hydrogen-bond donors (Lipinski definition) is 1. The van der Waals surface area contributed by atoms with Crippen molar-refractivity contribution in [2.24, 2.45) is 0 Å². The van der Waals surface area contributed by atoms with Crippen LogP contribution < -0.4 is 15.0 Å². The fourth-order valence-electron chi connectivity index (χ4n) is 2.51. The maximum Gasteiger partial charge on any atom is 0.387 e. The van der Waals surface area contributed by atoms with Crippen LogP contribution in [0.3, 0.4) is 0 Å². The van der Waals surface area contributed by atoms with Crippen molar-refractivity contribution in [3.8, 4) is 11.5 Å². The summed E-state index contributed by atoms with van der Waals surface area (Å²) in [6.45, 7) is 0.922. The lowest BCUT2D eigenvalue weighted by atomic mass is 10.2. The molecule has 0 amide bonds. The number of alkyl halides is 2. The molecule has 0 bridgehead atoms. The van der Waals surface area contributed by atoms with E-state index in [1.165, 1.54) is 24.5 Å². The highest BCUT2D eigenvalue weighted by Gasteiger charge is 2.12. The molecule has 5 nitrogen and oxygen atoms in total. The van der Waals surface area contributed by atoms with Crippen LogP contribution in [0.2, 0.25) is 0 Å². The van der Waals surface area contributed by atoms with Crippen LogP contribution in [-0.2, 0) is 0 Å². The number of aromatic amines is 1. The molecule has 1 aromatic carbocycles. The first-order chi connectivity index (χ1) is 12.4. The van der Waals surface area contributed by atoms with Gasteiger partial charge in [-0.05, 0) is 43.2 Å². The first kappa shape index (κ1) is 18.1. The van der Waals surface area contributed by atoms with Crippen molar-refractivity contribution < 1.29 is 18.3 Å². The number of halogens is 2. The van der Waals surface area contributed by atoms with Crippen LogP contribution in [0.25, 0.3) is 22.4 Å². The van der Waals surface area contributed by atoms with Gasteiger partial charge in [0, 0.05) is 4.88 Å². The standard InChI is InChI=1S/C18H16F2N2O3S/c1-9-10(2)26-17-15(9)16(23)21-14(22-17)7-5-11-4-6-12(25-18(19)20)13(8-11)24-3/h4-8,18H,1-3H3,(H,21,22,23)/b7-5+. The van der Waals surface area contributed by atoms with E-state index in [1.807, 2.05) is 13.8 Å². The van der Waals surface area contributed by atoms with Gasteiger partial charge in [0.25, 0.3) is 5.56 Å². The molecular weight excluding hydrogens is 362 g/mol. The van der Waals surface area contributed by atoms with Gasteiger partial charge in [-0.3, -0.25) is 4.79 Å². The van der Waals surface area contributed by atoms with Gasteiger partial charge in [0.1, 0.15) is 10.7 Å². The third-order valence-corrected chi connectivity index (χ3v) is 5.00. The summed E-state index contributed by atoms with van der Waals surface area (Å²) in [5.74, 6) is 0.557. The second-order valence-corrected chi connectivity index (χ2v) is 6.74. The summed E-state index contributed by atoms with van der Waals surface area (Å²) in [6, 6.07) is 4.56. The highest BCUT2D eigenvalue weighted by atomic mass is 32.1. The van der Waals surface area contributed by atoms with E-state index in [0.29, 0.717) is 21.6 Å². The number of nitrogens with one attached hydrogen (secondary N) is 1. The van der Waals surface area contributed by atoms with Crippen LogP contribution in [-0.4, -0.2) is 23.7 Å². The Morgan fingerprint density at radius 3 is 2.69 bits per heavy atom. The van der Waals surface area contributed by atoms with Crippen molar-refractivity contribution in [1.29, 1.82) is 0 Å². The molecule has 8 heteroatoms. The Labute approximate surface area is 151 Å². The Morgan fingerprint density at radius 2 is 2.00 bits per heavy atom. The molecular formula is C18H16F2N2O3S. The smallest absolute Gasteiger partial charge is 0.387 e. The van der Waals surface area contributed by atoms with E-state index >= 15 is 0 Å². The van der Waals surface area contributed by atoms with Gasteiger partial charge >= 0.3 is 6.61 Å². The summed E-state index contributed by atoms with van der Waals surface area (Å²) >= 11 is 1.47. The Kier molecular flexibility index (Phi) is 5.03. The van der Waals surface area contributed by atoms with Crippen LogP contribution in [0.15, 0.2) is 23.0 Å². The van der Waals surface area contributed by atoms with Gasteiger partial charge in [0.05, 0.1) is 12.5 Å². The van der Waals surface area contributed by atoms with E-state index in [2.05, 4.69) is 14.7 Å². The van der Waals surface area contributed by atoms with E-state index in [-0.39, 0.29) is 17.1 Å². The van der Waals surface area contributed by atoms with E-state index in [9.17, 15) is 13.6 Å². The van der Waals surface area contributed by atoms with Crippen LogP contribution in [0.1, 0.15) is 21.8 Å². The van der Waals surface area contributed by atoms with E-state index in [4.69, 9.17) is 4.74 Å². The van der Waals surface area contributed by atoms with Crippen molar-refractivity contribution in [2.45, 2.75) is 20.5 Å². The molecule has 0 saturated carbocycles. The summed E-state index contributed by atoms with van der Waals surface area (Å²) in [7, 11) is 1.37. The Bertz CT molecular complexity index is 1040. The number of thiophene rings is 1. The van der Waals surface area contributed by atoms with Gasteiger partial charge in [-0.25, -0.2) is 4.98 Å². The minimum absolute atomic E-state index is 0.0443. The number of rotatable bonds is 5. The molecule has 0 spiro atoms. The number of benzene rings is 1. The lowest BCUT2D eigenvalue weighted by molar-refractivity contribution is -0.0512. The highest BCUT2D eigenvalue weighted by Crippen LogP contribution is 2.30. The molecule has 26 heavy (non-hydrogen) atoms. The number of ether oxygens (including phenoxy) is 2. The van der Waals surface area contributed by atoms with E-state index in [1.54, 1.807) is 24.3 Å². The molecule has 3 aromatic rings. The van der Waals surface area contributed by atoms with Gasteiger partial charge in [-0.15, -0.1) is 11.3 Å². The van der Waals surface area contributed by atoms with Crippen molar-refractivity contribution in [1.82, 2.24) is 9.97 Å². The van der Waals surface area contributed by atoms with Crippen molar-refractivity contribution in [3.63, 3.8) is 0 Å². The molecule has 0 aliphatic carbocycles. The number of nitrogens with zero attached hydrogens (tertiary/aromatic N) is 1. The van der Waals surface area contributed by atoms with Gasteiger partial charge < -0.3 is 14.5 Å². The summed E-state index contributed by atoms with van der Waals surface area (Å²) in [6.07, 6.45) is 3.35. The minimum atomic E-state index is -2.93. The normalized spacial score (nSPS) is 11.6. The molecule has 2 aromatic heterocycles. The first-order valence-electron chi connectivity index (χ1n) is 7.70. The van der Waals surface area contributed by atoms with E-state index in [0.717, 1.165) is 10.4 Å². The van der Waals surface area contributed by atoms with E-state index < -0.39 is 6.61 Å². The summed E-state index contributed by atoms with van der Waals surface area (Å²) in [5, 5.41) is 0.611. The molecule has 0 fully saturated rings. The average Bonchev–Trinajstić information content (AvgIpc) is 2.88. The lowest BCUT2D eigenvalue weighted by Gasteiger charge is -2.10. The van der Waals surface area contributed by atoms with Crippen LogP contribution >= 0.6 is 11.3 Å². The second kappa shape index (κ2) is 7.25. The number of aromatic nitrogens is 2. The third kappa shape index (κ3) is 3.60. The molecule has 0 aliphatic rings. The van der Waals surface area contributed by atoms with Gasteiger partial charge in [0.2, 0.25) is 0 Å². The van der Waals surface area contributed by atoms with Crippen LogP contribution in [0.5, 0.6) is 11.5 Å². The Balaban J connectivity index is 1.92. The quantitative estimate of drug-likeness (QED) is 0.716. The number of methoxy groups -OCH3 is 1. The molecule has 0 atom stereocenters. The van der Waals surface area contributed by atoms with Gasteiger partial charge in [0.15, 0.2) is 11.5 Å². The Morgan fingerprint density at radius 1 is 1.23 bits per heavy atom. The largest absolute Gasteiger partial charge is 0.493 e. The summed E-state index contributed by atoms with van der Waals surface area (Å²) in [4.78, 5) is 21.2. The summed E-state index contributed by atoms with van der Waals surface area (Å²) < 4.78 is 34.2. The average molecular weight is 378 g/mol. The zero-order valence-corrected chi connectivity index (χ0v) is 15.1. The highest BCUT2D eigenvalue weighted by molar-refractivity contribution is 7.18. The first-order valence-corrected chi connectivity index (χ1v) is 8.51. The zero-order chi connectivity index (χ0) is 18.8. The fourth-order valence-corrected chi connectivity index (χ4v) is 3.54. The topological polar surface area (TPSA) is 64.2 Å². The monoisotopic (exact) mass is 378 g/mol. The predicted octanol–water partition coefficient (Wildman–Crippen LogP) is 4.38.